The molecular weight excluding hydrogens is 356 g/mol. The molecule has 0 aromatic rings. The maximum absolute atomic E-state index is 11.9. The van der Waals surface area contributed by atoms with Crippen LogP contribution in [0.15, 0.2) is 23.8 Å². The van der Waals surface area contributed by atoms with Gasteiger partial charge in [-0.2, -0.15) is 0 Å². The van der Waals surface area contributed by atoms with Crippen LogP contribution in [-0.2, 0) is 9.53 Å². The zero-order valence-corrected chi connectivity index (χ0v) is 16.5. The van der Waals surface area contributed by atoms with Gasteiger partial charge in [-0.05, 0) is 79.3 Å². The maximum atomic E-state index is 11.9. The van der Waals surface area contributed by atoms with Crippen LogP contribution in [0.3, 0.4) is 0 Å². The lowest BCUT2D eigenvalue weighted by molar-refractivity contribution is -0.146. The largest absolute Gasteiger partial charge is 0.505 e. The van der Waals surface area contributed by atoms with Gasteiger partial charge >= 0.3 is 6.16 Å². The fourth-order valence-corrected chi connectivity index (χ4v) is 8.03. The van der Waals surface area contributed by atoms with Gasteiger partial charge in [0.15, 0.2) is 5.78 Å². The van der Waals surface area contributed by atoms with Crippen LogP contribution < -0.4 is 0 Å². The van der Waals surface area contributed by atoms with Gasteiger partial charge in [-0.25, -0.2) is 4.79 Å². The zero-order chi connectivity index (χ0) is 19.8. The Morgan fingerprint density at radius 2 is 2.11 bits per heavy atom. The second-order valence-electron chi connectivity index (χ2n) is 10.1. The van der Waals surface area contributed by atoms with E-state index < -0.39 is 11.8 Å². The molecule has 0 aliphatic heterocycles. The van der Waals surface area contributed by atoms with E-state index >= 15 is 0 Å². The van der Waals surface area contributed by atoms with Gasteiger partial charge in [0.05, 0.1) is 12.2 Å². The highest BCUT2D eigenvalue weighted by Crippen LogP contribution is 2.76. The molecule has 0 bridgehead atoms. The number of allylic oxidation sites excluding steroid dienone is 2. The first kappa shape index (κ1) is 18.4. The Hall–Kier alpha value is -1.62. The van der Waals surface area contributed by atoms with Crippen molar-refractivity contribution < 1.29 is 24.5 Å². The van der Waals surface area contributed by atoms with Crippen LogP contribution in [0, 0.1) is 40.9 Å². The number of carbonyl (C=O) groups excluding carboxylic acids is 1. The van der Waals surface area contributed by atoms with Crippen molar-refractivity contribution in [3.8, 4) is 0 Å². The predicted octanol–water partition coefficient (Wildman–Crippen LogP) is 3.97. The molecule has 152 valence electrons. The molecule has 0 amide bonds. The number of carbonyl (C=O) groups is 2. The van der Waals surface area contributed by atoms with Gasteiger partial charge in [0.25, 0.3) is 0 Å². The fraction of sp³-hybridized carbons (Fsp3) is 0.739. The quantitative estimate of drug-likeness (QED) is 0.717. The molecule has 28 heavy (non-hydrogen) atoms. The Balaban J connectivity index is 1.43. The van der Waals surface area contributed by atoms with Gasteiger partial charge in [0.1, 0.15) is 0 Å². The molecular formula is C23H30O5. The minimum absolute atomic E-state index is 0.0653. The molecule has 5 aliphatic carbocycles. The van der Waals surface area contributed by atoms with Crippen LogP contribution in [0.2, 0.25) is 0 Å². The van der Waals surface area contributed by atoms with Crippen LogP contribution in [0.25, 0.3) is 0 Å². The molecule has 5 nitrogen and oxygen atoms in total. The Morgan fingerprint density at radius 1 is 1.32 bits per heavy atom. The molecule has 0 aromatic carbocycles. The molecule has 0 spiro atoms. The van der Waals surface area contributed by atoms with Crippen LogP contribution in [0.1, 0.15) is 51.9 Å². The third kappa shape index (κ3) is 2.35. The number of carboxylic acid groups (broad SMARTS) is 1. The van der Waals surface area contributed by atoms with Crippen LogP contribution in [0.5, 0.6) is 0 Å². The lowest BCUT2D eigenvalue weighted by Crippen LogP contribution is -2.55. The van der Waals surface area contributed by atoms with Crippen LogP contribution in [-0.4, -0.2) is 34.4 Å². The third-order valence-electron chi connectivity index (χ3n) is 9.18. The minimum Gasteiger partial charge on any atom is -0.450 e. The first-order chi connectivity index (χ1) is 13.3. The summed E-state index contributed by atoms with van der Waals surface area (Å²) in [6, 6.07) is 0. The summed E-state index contributed by atoms with van der Waals surface area (Å²) in [5.41, 5.74) is 1.32. The topological polar surface area (TPSA) is 83.8 Å². The van der Waals surface area contributed by atoms with E-state index in [9.17, 15) is 14.7 Å². The molecule has 4 fully saturated rings. The lowest BCUT2D eigenvalue weighted by atomic mass is 9.48. The van der Waals surface area contributed by atoms with Crippen molar-refractivity contribution in [3.05, 3.63) is 23.8 Å². The van der Waals surface area contributed by atoms with Gasteiger partial charge in [-0.3, -0.25) is 4.79 Å². The number of hydrogen-bond donors (Lipinski definition) is 2. The molecule has 0 aromatic heterocycles. The second-order valence-corrected chi connectivity index (χ2v) is 10.1. The molecule has 0 heterocycles. The molecule has 4 saturated carbocycles. The standard InChI is InChI=1S/C23H30O5/c1-12-9-17-15(14-4-3-13(24)10-16(12)14)5-6-22(2)20(17)18-11-19(18)23(22,27)7-8-28-21(25)26/h10,14-15,17-20,27H,1,3-9,11H2,2H3,(H,25,26)/t14-,15-,17-,18+,19-,20-,22+,23+/m1/s1. The van der Waals surface area contributed by atoms with E-state index in [2.05, 4.69) is 13.5 Å². The van der Waals surface area contributed by atoms with Crippen molar-refractivity contribution in [2.75, 3.05) is 6.61 Å². The van der Waals surface area contributed by atoms with Crippen LogP contribution >= 0.6 is 0 Å². The minimum atomic E-state index is -1.27. The molecule has 0 unspecified atom stereocenters. The summed E-state index contributed by atoms with van der Waals surface area (Å²) in [6.45, 7) is 6.64. The van der Waals surface area contributed by atoms with Crippen molar-refractivity contribution >= 4 is 11.9 Å². The zero-order valence-electron chi connectivity index (χ0n) is 16.5. The average Bonchev–Trinajstić information content (AvgIpc) is 3.38. The van der Waals surface area contributed by atoms with Gasteiger partial charge in [0.2, 0.25) is 0 Å². The summed E-state index contributed by atoms with van der Waals surface area (Å²) >= 11 is 0. The molecule has 8 atom stereocenters. The molecule has 0 radical (unpaired) electrons. The van der Waals surface area contributed by atoms with Crippen molar-refractivity contribution in [3.63, 3.8) is 0 Å². The van der Waals surface area contributed by atoms with E-state index in [4.69, 9.17) is 9.84 Å². The maximum Gasteiger partial charge on any atom is 0.505 e. The van der Waals surface area contributed by atoms with E-state index in [1.165, 1.54) is 5.57 Å². The van der Waals surface area contributed by atoms with E-state index in [0.29, 0.717) is 42.4 Å². The summed E-state index contributed by atoms with van der Waals surface area (Å²) in [6.07, 6.45) is 6.60. The first-order valence-electron chi connectivity index (χ1n) is 10.8. The average molecular weight is 386 g/mol. The Morgan fingerprint density at radius 3 is 2.86 bits per heavy atom. The van der Waals surface area contributed by atoms with E-state index in [-0.39, 0.29) is 23.7 Å². The van der Waals surface area contributed by atoms with Gasteiger partial charge < -0.3 is 14.9 Å². The van der Waals surface area contributed by atoms with Gasteiger partial charge in [-0.1, -0.05) is 19.1 Å². The SMILES string of the molecule is C=C1C[C@@H]2[C@H](CC[C@@]3(C)[C@H]2[C@H]2C[C@H]2[C@@]3(O)CCOC(=O)O)[C@H]2CCC(=O)C=C12. The highest BCUT2D eigenvalue weighted by molar-refractivity contribution is 5.92. The second kappa shape index (κ2) is 5.94. The van der Waals surface area contributed by atoms with Gasteiger partial charge in [0, 0.05) is 18.3 Å². The number of hydrogen-bond acceptors (Lipinski definition) is 4. The number of rotatable bonds is 3. The summed E-state index contributed by atoms with van der Waals surface area (Å²) in [5.74, 6) is 3.07. The lowest BCUT2D eigenvalue weighted by Gasteiger charge is -2.57. The van der Waals surface area contributed by atoms with E-state index in [1.807, 2.05) is 6.08 Å². The summed E-state index contributed by atoms with van der Waals surface area (Å²) in [4.78, 5) is 22.7. The van der Waals surface area contributed by atoms with E-state index in [1.54, 1.807) is 0 Å². The Kier molecular flexibility index (Phi) is 3.91. The van der Waals surface area contributed by atoms with Crippen molar-refractivity contribution in [1.29, 1.82) is 0 Å². The Labute approximate surface area is 165 Å². The van der Waals surface area contributed by atoms with Crippen molar-refractivity contribution in [2.24, 2.45) is 40.9 Å². The smallest absolute Gasteiger partial charge is 0.450 e. The number of fused-ring (bicyclic) bond motifs is 7. The van der Waals surface area contributed by atoms with Crippen molar-refractivity contribution in [1.82, 2.24) is 0 Å². The van der Waals surface area contributed by atoms with Gasteiger partial charge in [-0.15, -0.1) is 0 Å². The van der Waals surface area contributed by atoms with E-state index in [0.717, 1.165) is 37.7 Å². The highest BCUT2D eigenvalue weighted by Gasteiger charge is 2.75. The first-order valence-corrected chi connectivity index (χ1v) is 10.8. The molecule has 2 N–H and O–H groups in total. The van der Waals surface area contributed by atoms with Crippen molar-refractivity contribution in [2.45, 2.75) is 57.5 Å². The Bertz CT molecular complexity index is 784. The molecule has 5 aliphatic rings. The highest BCUT2D eigenvalue weighted by atomic mass is 16.7. The predicted molar refractivity (Wildman–Crippen MR) is 103 cm³/mol. The summed E-state index contributed by atoms with van der Waals surface area (Å²) in [5, 5.41) is 20.6. The normalized spacial score (nSPS) is 48.7. The third-order valence-corrected chi connectivity index (χ3v) is 9.18. The molecule has 5 rings (SSSR count). The summed E-state index contributed by atoms with van der Waals surface area (Å²) in [7, 11) is 0. The van der Waals surface area contributed by atoms with Crippen LogP contribution in [0.4, 0.5) is 4.79 Å². The molecule has 0 saturated heterocycles. The number of ether oxygens (including phenoxy) is 1. The fourth-order valence-electron chi connectivity index (χ4n) is 8.03. The molecule has 5 heteroatoms. The summed E-state index contributed by atoms with van der Waals surface area (Å²) < 4.78 is 4.77. The number of ketones is 1. The monoisotopic (exact) mass is 386 g/mol. The number of aliphatic hydroxyl groups is 1.